The Kier molecular flexibility index (Phi) is 4.99. The minimum Gasteiger partial charge on any atom is -0.362 e. The quantitative estimate of drug-likeness (QED) is 0.498. The summed E-state index contributed by atoms with van der Waals surface area (Å²) >= 11 is 0. The molecule has 0 spiro atoms. The van der Waals surface area contributed by atoms with E-state index in [0.717, 1.165) is 5.56 Å². The third-order valence-electron chi connectivity index (χ3n) is 5.11. The lowest BCUT2D eigenvalue weighted by molar-refractivity contribution is -0.384. The van der Waals surface area contributed by atoms with Crippen molar-refractivity contribution >= 4 is 17.3 Å². The summed E-state index contributed by atoms with van der Waals surface area (Å²) in [6.07, 6.45) is 0. The first kappa shape index (κ1) is 18.7. The van der Waals surface area contributed by atoms with Gasteiger partial charge >= 0.3 is 0 Å². The maximum Gasteiger partial charge on any atom is 0.292 e. The molecule has 1 aliphatic rings. The fraction of sp³-hybridized carbons (Fsp3) is 0.238. The number of hydrogen-bond donors (Lipinski definition) is 0. The van der Waals surface area contributed by atoms with Crippen LogP contribution in [0.1, 0.15) is 16.1 Å². The van der Waals surface area contributed by atoms with E-state index in [1.807, 2.05) is 35.2 Å². The Labute approximate surface area is 167 Å². The van der Waals surface area contributed by atoms with Crippen molar-refractivity contribution < 1.29 is 14.2 Å². The number of piperazine rings is 1. The number of carbonyl (C=O) groups excluding carboxylic acids is 1. The number of carbonyl (C=O) groups is 1. The van der Waals surface area contributed by atoms with Gasteiger partial charge in [-0.2, -0.15) is 0 Å². The Hall–Kier alpha value is -3.68. The summed E-state index contributed by atoms with van der Waals surface area (Å²) in [7, 11) is 0. The Morgan fingerprint density at radius 1 is 1.03 bits per heavy atom. The molecule has 3 aromatic rings. The Bertz CT molecular complexity index is 1040. The van der Waals surface area contributed by atoms with Gasteiger partial charge in [0.15, 0.2) is 0 Å². The van der Waals surface area contributed by atoms with Gasteiger partial charge in [0.1, 0.15) is 22.7 Å². The van der Waals surface area contributed by atoms with Crippen LogP contribution in [0.2, 0.25) is 0 Å². The van der Waals surface area contributed by atoms with E-state index in [4.69, 9.17) is 4.52 Å². The van der Waals surface area contributed by atoms with Gasteiger partial charge < -0.3 is 14.3 Å². The average Bonchev–Trinajstić information content (AvgIpc) is 3.15. The van der Waals surface area contributed by atoms with Gasteiger partial charge in [-0.1, -0.05) is 47.6 Å². The molecule has 1 aromatic heterocycles. The molecular weight excluding hydrogens is 372 g/mol. The van der Waals surface area contributed by atoms with Crippen molar-refractivity contribution in [2.24, 2.45) is 0 Å². The second-order valence-corrected chi connectivity index (χ2v) is 6.85. The summed E-state index contributed by atoms with van der Waals surface area (Å²) in [5, 5.41) is 15.4. The molecule has 0 N–H and O–H groups in total. The van der Waals surface area contributed by atoms with Crippen LogP contribution in [0, 0.1) is 17.0 Å². The van der Waals surface area contributed by atoms with E-state index in [1.54, 1.807) is 30.0 Å². The topological polar surface area (TPSA) is 92.7 Å². The number of amides is 1. The van der Waals surface area contributed by atoms with E-state index in [2.05, 4.69) is 5.16 Å². The largest absolute Gasteiger partial charge is 0.362 e. The van der Waals surface area contributed by atoms with Crippen molar-refractivity contribution in [1.29, 1.82) is 0 Å². The third-order valence-corrected chi connectivity index (χ3v) is 5.11. The second-order valence-electron chi connectivity index (χ2n) is 6.85. The molecule has 1 fully saturated rings. The number of nitro benzene ring substituents is 1. The average molecular weight is 392 g/mol. The smallest absolute Gasteiger partial charge is 0.292 e. The van der Waals surface area contributed by atoms with Crippen molar-refractivity contribution in [2.45, 2.75) is 6.92 Å². The molecule has 1 saturated heterocycles. The van der Waals surface area contributed by atoms with Gasteiger partial charge in [0.05, 0.1) is 4.92 Å². The zero-order valence-corrected chi connectivity index (χ0v) is 15.9. The molecule has 0 saturated carbocycles. The highest BCUT2D eigenvalue weighted by atomic mass is 16.6. The molecule has 8 heteroatoms. The molecule has 1 amide bonds. The fourth-order valence-electron chi connectivity index (χ4n) is 3.61. The molecule has 0 radical (unpaired) electrons. The number of nitrogens with zero attached hydrogens (tertiary/aromatic N) is 4. The summed E-state index contributed by atoms with van der Waals surface area (Å²) in [6, 6.07) is 16.1. The van der Waals surface area contributed by atoms with E-state index in [0.29, 0.717) is 48.9 Å². The molecule has 0 unspecified atom stereocenters. The van der Waals surface area contributed by atoms with Crippen LogP contribution in [0.3, 0.4) is 0 Å². The highest BCUT2D eigenvalue weighted by Gasteiger charge is 2.30. The summed E-state index contributed by atoms with van der Waals surface area (Å²) in [5.74, 6) is 0.347. The molecule has 148 valence electrons. The number of hydrogen-bond acceptors (Lipinski definition) is 6. The van der Waals surface area contributed by atoms with Gasteiger partial charge in [-0.25, -0.2) is 0 Å². The van der Waals surface area contributed by atoms with Crippen LogP contribution in [-0.4, -0.2) is 47.1 Å². The van der Waals surface area contributed by atoms with Crippen molar-refractivity contribution in [3.8, 4) is 11.3 Å². The van der Waals surface area contributed by atoms with Crippen molar-refractivity contribution in [3.63, 3.8) is 0 Å². The lowest BCUT2D eigenvalue weighted by atomic mass is 10.0. The molecule has 0 atom stereocenters. The Morgan fingerprint density at radius 3 is 2.38 bits per heavy atom. The molecular formula is C21H20N4O4. The summed E-state index contributed by atoms with van der Waals surface area (Å²) in [4.78, 5) is 27.8. The predicted molar refractivity (Wildman–Crippen MR) is 108 cm³/mol. The lowest BCUT2D eigenvalue weighted by Gasteiger charge is -2.35. The van der Waals surface area contributed by atoms with Crippen LogP contribution in [0.5, 0.6) is 0 Å². The molecule has 0 bridgehead atoms. The number of para-hydroxylation sites is 2. The van der Waals surface area contributed by atoms with Crippen LogP contribution in [0.25, 0.3) is 11.3 Å². The van der Waals surface area contributed by atoms with Crippen molar-refractivity contribution in [1.82, 2.24) is 10.1 Å². The highest BCUT2D eigenvalue weighted by molar-refractivity contribution is 6.00. The minimum absolute atomic E-state index is 0.0773. The number of nitro groups is 1. The normalized spacial score (nSPS) is 14.1. The number of benzene rings is 2. The number of anilines is 1. The van der Waals surface area contributed by atoms with E-state index in [9.17, 15) is 14.9 Å². The predicted octanol–water partition coefficient (Wildman–Crippen LogP) is 3.52. The lowest BCUT2D eigenvalue weighted by Crippen LogP contribution is -2.49. The third kappa shape index (κ3) is 3.56. The van der Waals surface area contributed by atoms with Gasteiger partial charge in [-0.3, -0.25) is 14.9 Å². The molecule has 8 nitrogen and oxygen atoms in total. The first-order valence-electron chi connectivity index (χ1n) is 9.35. The van der Waals surface area contributed by atoms with Gasteiger partial charge in [-0.15, -0.1) is 0 Å². The maximum atomic E-state index is 13.2. The first-order valence-corrected chi connectivity index (χ1v) is 9.35. The van der Waals surface area contributed by atoms with Crippen LogP contribution < -0.4 is 4.90 Å². The van der Waals surface area contributed by atoms with Gasteiger partial charge in [0.2, 0.25) is 0 Å². The number of rotatable bonds is 4. The summed E-state index contributed by atoms with van der Waals surface area (Å²) in [5.41, 5.74) is 2.49. The second kappa shape index (κ2) is 7.75. The summed E-state index contributed by atoms with van der Waals surface area (Å²) in [6.45, 7) is 3.69. The zero-order valence-electron chi connectivity index (χ0n) is 15.9. The van der Waals surface area contributed by atoms with Crippen LogP contribution in [0.15, 0.2) is 59.1 Å². The molecule has 1 aliphatic heterocycles. The first-order chi connectivity index (χ1) is 14.1. The molecule has 29 heavy (non-hydrogen) atoms. The van der Waals surface area contributed by atoms with Crippen LogP contribution in [0.4, 0.5) is 11.4 Å². The standard InChI is InChI=1S/C21H20N4O4/c1-15-19(20(22-29-15)16-7-3-2-4-8-16)21(26)24-13-11-23(12-14-24)17-9-5-6-10-18(17)25(27)28/h2-10H,11-14H2,1H3. The maximum absolute atomic E-state index is 13.2. The van der Waals surface area contributed by atoms with E-state index in [1.165, 1.54) is 6.07 Å². The summed E-state index contributed by atoms with van der Waals surface area (Å²) < 4.78 is 5.31. The van der Waals surface area contributed by atoms with Crippen LogP contribution in [-0.2, 0) is 0 Å². The van der Waals surface area contributed by atoms with Crippen molar-refractivity contribution in [2.75, 3.05) is 31.1 Å². The molecule has 2 heterocycles. The number of aryl methyl sites for hydroxylation is 1. The van der Waals surface area contributed by atoms with E-state index >= 15 is 0 Å². The fourth-order valence-corrected chi connectivity index (χ4v) is 3.61. The zero-order chi connectivity index (χ0) is 20.4. The monoisotopic (exact) mass is 392 g/mol. The SMILES string of the molecule is Cc1onc(-c2ccccc2)c1C(=O)N1CCN(c2ccccc2[N+](=O)[O-])CC1. The molecule has 2 aromatic carbocycles. The van der Waals surface area contributed by atoms with Gasteiger partial charge in [-0.05, 0) is 13.0 Å². The minimum atomic E-state index is -0.375. The van der Waals surface area contributed by atoms with E-state index < -0.39 is 0 Å². The molecule has 4 rings (SSSR count). The number of aromatic nitrogens is 1. The molecule has 0 aliphatic carbocycles. The van der Waals surface area contributed by atoms with Crippen molar-refractivity contribution in [3.05, 3.63) is 76.0 Å². The Morgan fingerprint density at radius 2 is 1.69 bits per heavy atom. The highest BCUT2D eigenvalue weighted by Crippen LogP contribution is 2.30. The van der Waals surface area contributed by atoms with E-state index in [-0.39, 0.29) is 16.5 Å². The van der Waals surface area contributed by atoms with Gasteiger partial charge in [0, 0.05) is 37.8 Å². The Balaban J connectivity index is 1.53. The van der Waals surface area contributed by atoms with Gasteiger partial charge in [0.25, 0.3) is 11.6 Å². The van der Waals surface area contributed by atoms with Crippen LogP contribution >= 0.6 is 0 Å².